The van der Waals surface area contributed by atoms with E-state index in [1.807, 2.05) is 38.2 Å². The summed E-state index contributed by atoms with van der Waals surface area (Å²) in [5, 5.41) is 7.89. The molecule has 1 fully saturated rings. The van der Waals surface area contributed by atoms with Crippen LogP contribution in [-0.4, -0.2) is 21.6 Å². The standard InChI is InChI=1S/C14H15N3O2/c1-14(8-7-11(18)15-13(14)19)12-9-5-3-4-6-10(9)17(2)16-12/h3-6H,7-8H2,1-2H3,(H,15,18,19). The summed E-state index contributed by atoms with van der Waals surface area (Å²) >= 11 is 0. The third kappa shape index (κ3) is 1.65. The molecule has 98 valence electrons. The van der Waals surface area contributed by atoms with Crippen LogP contribution in [0, 0.1) is 0 Å². The van der Waals surface area contributed by atoms with Crippen LogP contribution in [0.3, 0.4) is 0 Å². The highest BCUT2D eigenvalue weighted by atomic mass is 16.2. The van der Waals surface area contributed by atoms with Crippen molar-refractivity contribution in [3.05, 3.63) is 30.0 Å². The lowest BCUT2D eigenvalue weighted by Gasteiger charge is -2.30. The van der Waals surface area contributed by atoms with Gasteiger partial charge in [-0.2, -0.15) is 5.10 Å². The van der Waals surface area contributed by atoms with Gasteiger partial charge in [-0.3, -0.25) is 19.6 Å². The second kappa shape index (κ2) is 3.91. The Bertz CT molecular complexity index is 689. The molecule has 3 rings (SSSR count). The van der Waals surface area contributed by atoms with Gasteiger partial charge in [0.25, 0.3) is 0 Å². The molecule has 5 heteroatoms. The molecule has 0 radical (unpaired) electrons. The predicted molar refractivity (Wildman–Crippen MR) is 70.4 cm³/mol. The van der Waals surface area contributed by atoms with Crippen LogP contribution in [0.25, 0.3) is 10.9 Å². The molecule has 5 nitrogen and oxygen atoms in total. The molecule has 2 heterocycles. The minimum Gasteiger partial charge on any atom is -0.296 e. The lowest BCUT2D eigenvalue weighted by atomic mass is 9.77. The summed E-state index contributed by atoms with van der Waals surface area (Å²) < 4.78 is 1.78. The van der Waals surface area contributed by atoms with Crippen LogP contribution in [0.5, 0.6) is 0 Å². The van der Waals surface area contributed by atoms with Gasteiger partial charge in [0.1, 0.15) is 0 Å². The third-order valence-electron chi connectivity index (χ3n) is 3.89. The largest absolute Gasteiger partial charge is 0.296 e. The number of para-hydroxylation sites is 1. The molecule has 0 spiro atoms. The molecule has 0 saturated carbocycles. The number of hydrogen-bond donors (Lipinski definition) is 1. The van der Waals surface area contributed by atoms with Crippen LogP contribution < -0.4 is 5.32 Å². The Morgan fingerprint density at radius 1 is 1.32 bits per heavy atom. The van der Waals surface area contributed by atoms with Crippen molar-refractivity contribution >= 4 is 22.7 Å². The summed E-state index contributed by atoms with van der Waals surface area (Å²) in [6, 6.07) is 7.82. The molecule has 1 atom stereocenters. The van der Waals surface area contributed by atoms with Gasteiger partial charge in [0.05, 0.1) is 16.6 Å². The molecule has 19 heavy (non-hydrogen) atoms. The Hall–Kier alpha value is -2.17. The molecule has 1 aliphatic rings. The molecule has 1 unspecified atom stereocenters. The quantitative estimate of drug-likeness (QED) is 0.782. The van der Waals surface area contributed by atoms with E-state index < -0.39 is 5.41 Å². The summed E-state index contributed by atoms with van der Waals surface area (Å²) in [5.74, 6) is -0.463. The van der Waals surface area contributed by atoms with Crippen molar-refractivity contribution in [2.24, 2.45) is 7.05 Å². The van der Waals surface area contributed by atoms with Crippen LogP contribution in [0.15, 0.2) is 24.3 Å². The Morgan fingerprint density at radius 2 is 2.05 bits per heavy atom. The molecular formula is C14H15N3O2. The van der Waals surface area contributed by atoms with Gasteiger partial charge in [0.15, 0.2) is 0 Å². The summed E-state index contributed by atoms with van der Waals surface area (Å²) in [6.45, 7) is 1.85. The molecule has 1 N–H and O–H groups in total. The molecule has 2 amide bonds. The molecule has 0 bridgehead atoms. The van der Waals surface area contributed by atoms with Gasteiger partial charge >= 0.3 is 0 Å². The molecule has 1 saturated heterocycles. The smallest absolute Gasteiger partial charge is 0.238 e. The first-order chi connectivity index (χ1) is 9.02. The van der Waals surface area contributed by atoms with Gasteiger partial charge in [-0.15, -0.1) is 0 Å². The van der Waals surface area contributed by atoms with Gasteiger partial charge in [-0.05, 0) is 19.4 Å². The number of nitrogens with zero attached hydrogens (tertiary/aromatic N) is 2. The number of nitrogens with one attached hydrogen (secondary N) is 1. The van der Waals surface area contributed by atoms with Crippen molar-refractivity contribution in [2.45, 2.75) is 25.2 Å². The number of carbonyl (C=O) groups is 2. The zero-order valence-electron chi connectivity index (χ0n) is 10.9. The van der Waals surface area contributed by atoms with Crippen molar-refractivity contribution < 1.29 is 9.59 Å². The summed E-state index contributed by atoms with van der Waals surface area (Å²) in [5.41, 5.74) is 0.994. The molecule has 2 aromatic rings. The van der Waals surface area contributed by atoms with Crippen LogP contribution in [-0.2, 0) is 22.1 Å². The Kier molecular flexibility index (Phi) is 2.45. The van der Waals surface area contributed by atoms with Crippen molar-refractivity contribution in [2.75, 3.05) is 0 Å². The van der Waals surface area contributed by atoms with Gasteiger partial charge in [-0.25, -0.2) is 0 Å². The highest BCUT2D eigenvalue weighted by Gasteiger charge is 2.43. The summed E-state index contributed by atoms with van der Waals surface area (Å²) in [7, 11) is 1.86. The third-order valence-corrected chi connectivity index (χ3v) is 3.89. The predicted octanol–water partition coefficient (Wildman–Crippen LogP) is 1.27. The first-order valence-electron chi connectivity index (χ1n) is 6.29. The van der Waals surface area contributed by atoms with E-state index in [-0.39, 0.29) is 11.8 Å². The zero-order valence-corrected chi connectivity index (χ0v) is 10.9. The minimum absolute atomic E-state index is 0.206. The maximum Gasteiger partial charge on any atom is 0.238 e. The van der Waals surface area contributed by atoms with Gasteiger partial charge in [0.2, 0.25) is 11.8 Å². The maximum absolute atomic E-state index is 12.2. The van der Waals surface area contributed by atoms with Crippen molar-refractivity contribution in [3.63, 3.8) is 0 Å². The van der Waals surface area contributed by atoms with Gasteiger partial charge < -0.3 is 0 Å². The van der Waals surface area contributed by atoms with Crippen LogP contribution in [0.2, 0.25) is 0 Å². The Morgan fingerprint density at radius 3 is 2.79 bits per heavy atom. The van der Waals surface area contributed by atoms with Crippen molar-refractivity contribution in [3.8, 4) is 0 Å². The fraction of sp³-hybridized carbons (Fsp3) is 0.357. The van der Waals surface area contributed by atoms with E-state index in [0.29, 0.717) is 12.8 Å². The number of aryl methyl sites for hydroxylation is 1. The highest BCUT2D eigenvalue weighted by molar-refractivity contribution is 6.04. The normalized spacial score (nSPS) is 23.7. The van der Waals surface area contributed by atoms with Gasteiger partial charge in [0, 0.05) is 18.9 Å². The summed E-state index contributed by atoms with van der Waals surface area (Å²) in [6.07, 6.45) is 0.853. The van der Waals surface area contributed by atoms with E-state index in [0.717, 1.165) is 16.6 Å². The minimum atomic E-state index is -0.741. The van der Waals surface area contributed by atoms with E-state index in [9.17, 15) is 9.59 Å². The van der Waals surface area contributed by atoms with Crippen molar-refractivity contribution in [1.82, 2.24) is 15.1 Å². The fourth-order valence-corrected chi connectivity index (χ4v) is 2.65. The topological polar surface area (TPSA) is 64.0 Å². The fourth-order valence-electron chi connectivity index (χ4n) is 2.65. The van der Waals surface area contributed by atoms with Crippen LogP contribution in [0.4, 0.5) is 0 Å². The van der Waals surface area contributed by atoms with Crippen LogP contribution >= 0.6 is 0 Å². The molecule has 1 aromatic carbocycles. The SMILES string of the molecule is Cn1nc(C2(C)CCC(=O)NC2=O)c2ccccc21. The second-order valence-corrected chi connectivity index (χ2v) is 5.20. The zero-order chi connectivity index (χ0) is 13.6. The van der Waals surface area contributed by atoms with E-state index >= 15 is 0 Å². The van der Waals surface area contributed by atoms with E-state index in [4.69, 9.17) is 0 Å². The Balaban J connectivity index is 2.19. The molecule has 1 aliphatic heterocycles. The van der Waals surface area contributed by atoms with E-state index in [2.05, 4.69) is 10.4 Å². The van der Waals surface area contributed by atoms with Gasteiger partial charge in [-0.1, -0.05) is 18.2 Å². The molecule has 0 aliphatic carbocycles. The average Bonchev–Trinajstić information content (AvgIpc) is 2.73. The highest BCUT2D eigenvalue weighted by Crippen LogP contribution is 2.35. The number of amides is 2. The first kappa shape index (κ1) is 11.9. The van der Waals surface area contributed by atoms with E-state index in [1.54, 1.807) is 4.68 Å². The summed E-state index contributed by atoms with van der Waals surface area (Å²) in [4.78, 5) is 23.5. The lowest BCUT2D eigenvalue weighted by molar-refractivity contribution is -0.137. The number of rotatable bonds is 1. The van der Waals surface area contributed by atoms with Crippen LogP contribution in [0.1, 0.15) is 25.5 Å². The lowest BCUT2D eigenvalue weighted by Crippen LogP contribution is -2.50. The monoisotopic (exact) mass is 257 g/mol. The first-order valence-corrected chi connectivity index (χ1v) is 6.29. The maximum atomic E-state index is 12.2. The number of aromatic nitrogens is 2. The number of hydrogen-bond acceptors (Lipinski definition) is 3. The number of piperidine rings is 1. The number of imide groups is 1. The number of fused-ring (bicyclic) bond motifs is 1. The van der Waals surface area contributed by atoms with Crippen molar-refractivity contribution in [1.29, 1.82) is 0 Å². The molecule has 1 aromatic heterocycles. The molecular weight excluding hydrogens is 242 g/mol. The number of carbonyl (C=O) groups excluding carboxylic acids is 2. The second-order valence-electron chi connectivity index (χ2n) is 5.20. The van der Waals surface area contributed by atoms with E-state index in [1.165, 1.54) is 0 Å². The average molecular weight is 257 g/mol. The number of benzene rings is 1. The Labute approximate surface area is 110 Å².